The van der Waals surface area contributed by atoms with Gasteiger partial charge < -0.3 is 4.90 Å². The van der Waals surface area contributed by atoms with Crippen LogP contribution in [0.3, 0.4) is 0 Å². The Morgan fingerprint density at radius 3 is 2.65 bits per heavy atom. The molecule has 1 saturated heterocycles. The van der Waals surface area contributed by atoms with Gasteiger partial charge >= 0.3 is 0 Å². The predicted octanol–water partition coefficient (Wildman–Crippen LogP) is 2.27. The third-order valence-electron chi connectivity index (χ3n) is 3.66. The number of nitrogens with zero attached hydrogens (tertiary/aromatic N) is 4. The van der Waals surface area contributed by atoms with E-state index in [1.807, 2.05) is 11.7 Å². The molecule has 17 heavy (non-hydrogen) atoms. The van der Waals surface area contributed by atoms with Crippen LogP contribution in [0.25, 0.3) is 11.0 Å². The van der Waals surface area contributed by atoms with Crippen molar-refractivity contribution in [1.82, 2.24) is 14.8 Å². The van der Waals surface area contributed by atoms with Gasteiger partial charge in [0.2, 0.25) is 0 Å². The summed E-state index contributed by atoms with van der Waals surface area (Å²) in [6.07, 6.45) is 3.91. The molecular formula is C13H18N4. The lowest BCUT2D eigenvalue weighted by Gasteiger charge is -2.27. The van der Waals surface area contributed by atoms with Crippen molar-refractivity contribution in [2.45, 2.75) is 26.2 Å². The lowest BCUT2D eigenvalue weighted by Crippen LogP contribution is -2.30. The molecule has 3 rings (SSSR count). The molecular weight excluding hydrogens is 212 g/mol. The topological polar surface area (TPSA) is 34.0 Å². The summed E-state index contributed by atoms with van der Waals surface area (Å²) >= 11 is 0. The molecule has 2 aromatic heterocycles. The molecule has 0 aliphatic carbocycles. The van der Waals surface area contributed by atoms with Crippen LogP contribution in [0.5, 0.6) is 0 Å². The van der Waals surface area contributed by atoms with Gasteiger partial charge in [-0.25, -0.2) is 4.98 Å². The molecule has 4 nitrogen and oxygen atoms in total. The van der Waals surface area contributed by atoms with Crippen molar-refractivity contribution in [2.24, 2.45) is 7.05 Å². The lowest BCUT2D eigenvalue weighted by molar-refractivity contribution is 0.574. The summed E-state index contributed by atoms with van der Waals surface area (Å²) in [7, 11) is 1.97. The average Bonchev–Trinajstić information content (AvgIpc) is 2.66. The van der Waals surface area contributed by atoms with E-state index in [9.17, 15) is 0 Å². The van der Waals surface area contributed by atoms with Gasteiger partial charge in [0.1, 0.15) is 5.82 Å². The van der Waals surface area contributed by atoms with E-state index in [-0.39, 0.29) is 0 Å². The third kappa shape index (κ3) is 1.77. The number of piperidine rings is 1. The molecule has 2 aromatic rings. The SMILES string of the molecule is Cc1c2ccc(N3CCCCC3)nc2nn1C. The molecule has 3 heterocycles. The Kier molecular flexibility index (Phi) is 2.50. The van der Waals surface area contributed by atoms with Crippen molar-refractivity contribution in [3.63, 3.8) is 0 Å². The molecule has 1 aliphatic rings. The molecule has 0 bridgehead atoms. The smallest absolute Gasteiger partial charge is 0.183 e. The summed E-state index contributed by atoms with van der Waals surface area (Å²) < 4.78 is 1.90. The number of aryl methyl sites for hydroxylation is 2. The van der Waals surface area contributed by atoms with Crippen LogP contribution in [0.4, 0.5) is 5.82 Å². The van der Waals surface area contributed by atoms with E-state index in [4.69, 9.17) is 0 Å². The highest BCUT2D eigenvalue weighted by Gasteiger charge is 2.14. The van der Waals surface area contributed by atoms with Crippen molar-refractivity contribution in [2.75, 3.05) is 18.0 Å². The monoisotopic (exact) mass is 230 g/mol. The van der Waals surface area contributed by atoms with E-state index in [1.165, 1.54) is 25.0 Å². The highest BCUT2D eigenvalue weighted by atomic mass is 15.3. The van der Waals surface area contributed by atoms with Gasteiger partial charge in [-0.1, -0.05) is 0 Å². The molecule has 90 valence electrons. The van der Waals surface area contributed by atoms with Crippen LogP contribution in [0, 0.1) is 6.92 Å². The van der Waals surface area contributed by atoms with Crippen LogP contribution in [0.15, 0.2) is 12.1 Å². The predicted molar refractivity (Wildman–Crippen MR) is 69.3 cm³/mol. The second-order valence-corrected chi connectivity index (χ2v) is 4.80. The molecule has 0 saturated carbocycles. The van der Waals surface area contributed by atoms with Crippen LogP contribution in [0.1, 0.15) is 25.0 Å². The molecule has 0 unspecified atom stereocenters. The molecule has 0 amide bonds. The number of fused-ring (bicyclic) bond motifs is 1. The summed E-state index contributed by atoms with van der Waals surface area (Å²) in [5, 5.41) is 5.61. The second-order valence-electron chi connectivity index (χ2n) is 4.80. The standard InChI is InChI=1S/C13H18N4/c1-10-11-6-7-12(14-13(11)15-16(10)2)17-8-4-3-5-9-17/h6-7H,3-5,8-9H2,1-2H3. The van der Waals surface area contributed by atoms with Crippen LogP contribution in [0.2, 0.25) is 0 Å². The van der Waals surface area contributed by atoms with Gasteiger partial charge in [0.15, 0.2) is 5.65 Å². The maximum atomic E-state index is 4.67. The lowest BCUT2D eigenvalue weighted by atomic mass is 10.1. The first kappa shape index (κ1) is 10.6. The molecule has 0 atom stereocenters. The number of rotatable bonds is 1. The Hall–Kier alpha value is -1.58. The zero-order valence-electron chi connectivity index (χ0n) is 10.5. The highest BCUT2D eigenvalue weighted by molar-refractivity contribution is 5.79. The van der Waals surface area contributed by atoms with Gasteiger partial charge in [-0.15, -0.1) is 0 Å². The zero-order chi connectivity index (χ0) is 11.8. The van der Waals surface area contributed by atoms with Gasteiger partial charge in [0, 0.05) is 31.2 Å². The van der Waals surface area contributed by atoms with E-state index in [0.29, 0.717) is 0 Å². The number of anilines is 1. The fraction of sp³-hybridized carbons (Fsp3) is 0.538. The molecule has 4 heteroatoms. The van der Waals surface area contributed by atoms with Crippen molar-refractivity contribution in [1.29, 1.82) is 0 Å². The first-order chi connectivity index (χ1) is 8.25. The molecule has 0 radical (unpaired) electrons. The summed E-state index contributed by atoms with van der Waals surface area (Å²) in [6.45, 7) is 4.34. The summed E-state index contributed by atoms with van der Waals surface area (Å²) in [6, 6.07) is 4.27. The first-order valence-electron chi connectivity index (χ1n) is 6.31. The largest absolute Gasteiger partial charge is 0.357 e. The molecule has 0 aromatic carbocycles. The number of aromatic nitrogens is 3. The minimum absolute atomic E-state index is 0.869. The van der Waals surface area contributed by atoms with E-state index >= 15 is 0 Å². The van der Waals surface area contributed by atoms with E-state index < -0.39 is 0 Å². The zero-order valence-corrected chi connectivity index (χ0v) is 10.5. The average molecular weight is 230 g/mol. The van der Waals surface area contributed by atoms with Crippen LogP contribution in [-0.2, 0) is 7.05 Å². The minimum Gasteiger partial charge on any atom is -0.357 e. The molecule has 1 fully saturated rings. The molecule has 0 spiro atoms. The van der Waals surface area contributed by atoms with Crippen LogP contribution < -0.4 is 4.90 Å². The Balaban J connectivity index is 2.01. The Morgan fingerprint density at radius 2 is 1.88 bits per heavy atom. The summed E-state index contributed by atoms with van der Waals surface area (Å²) in [4.78, 5) is 7.04. The number of hydrogen-bond acceptors (Lipinski definition) is 3. The van der Waals surface area contributed by atoms with Gasteiger partial charge in [-0.05, 0) is 38.3 Å². The van der Waals surface area contributed by atoms with Crippen molar-refractivity contribution in [3.05, 3.63) is 17.8 Å². The minimum atomic E-state index is 0.869. The van der Waals surface area contributed by atoms with Crippen molar-refractivity contribution < 1.29 is 0 Å². The van der Waals surface area contributed by atoms with Crippen molar-refractivity contribution >= 4 is 16.9 Å². The van der Waals surface area contributed by atoms with Crippen molar-refractivity contribution in [3.8, 4) is 0 Å². The van der Waals surface area contributed by atoms with Gasteiger partial charge in [-0.2, -0.15) is 5.10 Å². The Morgan fingerprint density at radius 1 is 1.12 bits per heavy atom. The molecule has 0 N–H and O–H groups in total. The second kappa shape index (κ2) is 4.02. The normalized spacial score (nSPS) is 16.7. The first-order valence-corrected chi connectivity index (χ1v) is 6.31. The van der Waals surface area contributed by atoms with Gasteiger partial charge in [0.25, 0.3) is 0 Å². The fourth-order valence-electron chi connectivity index (χ4n) is 2.49. The highest BCUT2D eigenvalue weighted by Crippen LogP contribution is 2.22. The summed E-state index contributed by atoms with van der Waals surface area (Å²) in [5.74, 6) is 1.08. The number of pyridine rings is 1. The van der Waals surface area contributed by atoms with E-state index in [0.717, 1.165) is 29.9 Å². The fourth-order valence-corrected chi connectivity index (χ4v) is 2.49. The van der Waals surface area contributed by atoms with Crippen LogP contribution in [-0.4, -0.2) is 27.9 Å². The third-order valence-corrected chi connectivity index (χ3v) is 3.66. The van der Waals surface area contributed by atoms with Gasteiger partial charge in [-0.3, -0.25) is 4.68 Å². The molecule has 1 aliphatic heterocycles. The van der Waals surface area contributed by atoms with E-state index in [1.54, 1.807) is 0 Å². The Labute approximate surface area is 101 Å². The maximum Gasteiger partial charge on any atom is 0.183 e. The Bertz CT molecular complexity index is 538. The summed E-state index contributed by atoms with van der Waals surface area (Å²) in [5.41, 5.74) is 2.05. The number of hydrogen-bond donors (Lipinski definition) is 0. The van der Waals surface area contributed by atoms with Crippen LogP contribution >= 0.6 is 0 Å². The quantitative estimate of drug-likeness (QED) is 0.753. The van der Waals surface area contributed by atoms with Gasteiger partial charge in [0.05, 0.1) is 0 Å². The maximum absolute atomic E-state index is 4.67. The van der Waals surface area contributed by atoms with E-state index in [2.05, 4.69) is 34.0 Å².